The van der Waals surface area contributed by atoms with Crippen LogP contribution in [0.15, 0.2) is 36.4 Å². The molecule has 3 aromatic rings. The third-order valence-corrected chi connectivity index (χ3v) is 9.46. The molecule has 216 valence electrons. The Morgan fingerprint density at radius 2 is 1.98 bits per heavy atom. The lowest BCUT2D eigenvalue weighted by molar-refractivity contribution is -0.153. The average molecular weight is 593 g/mol. The number of rotatable bonds is 6. The number of hydrogen-bond acceptors (Lipinski definition) is 6. The van der Waals surface area contributed by atoms with Crippen LogP contribution in [0.5, 0.6) is 5.75 Å². The van der Waals surface area contributed by atoms with Gasteiger partial charge in [0.15, 0.2) is 6.61 Å². The summed E-state index contributed by atoms with van der Waals surface area (Å²) in [6, 6.07) is 8.62. The third-order valence-electron chi connectivity index (χ3n) is 7.64. The van der Waals surface area contributed by atoms with E-state index >= 15 is 0 Å². The van der Waals surface area contributed by atoms with E-state index in [2.05, 4.69) is 10.4 Å². The third kappa shape index (κ3) is 4.94. The predicted molar refractivity (Wildman–Crippen MR) is 137 cm³/mol. The van der Waals surface area contributed by atoms with Crippen molar-refractivity contribution in [1.29, 1.82) is 0 Å². The van der Waals surface area contributed by atoms with Crippen LogP contribution >= 0.6 is 0 Å². The van der Waals surface area contributed by atoms with E-state index in [0.29, 0.717) is 42.4 Å². The molecule has 3 aliphatic rings. The maximum absolute atomic E-state index is 14.5. The van der Waals surface area contributed by atoms with Crippen LogP contribution in [0, 0.1) is 12.7 Å². The molecule has 2 heterocycles. The van der Waals surface area contributed by atoms with E-state index in [9.17, 15) is 35.6 Å². The molecule has 9 nitrogen and oxygen atoms in total. The van der Waals surface area contributed by atoms with Crippen LogP contribution < -0.4 is 14.8 Å². The Hall–Kier alpha value is -3.94. The zero-order chi connectivity index (χ0) is 29.3. The van der Waals surface area contributed by atoms with Crippen molar-refractivity contribution in [3.8, 4) is 11.4 Å². The Labute approximate surface area is 231 Å². The van der Waals surface area contributed by atoms with E-state index in [1.807, 2.05) is 4.72 Å². The molecule has 41 heavy (non-hydrogen) atoms. The zero-order valence-corrected chi connectivity index (χ0v) is 22.5. The van der Waals surface area contributed by atoms with E-state index in [1.165, 1.54) is 24.3 Å². The average Bonchev–Trinajstić information content (AvgIpc) is 3.62. The number of halogens is 4. The van der Waals surface area contributed by atoms with Crippen molar-refractivity contribution < 1.29 is 40.3 Å². The molecule has 14 heteroatoms. The minimum absolute atomic E-state index is 0.0439. The molecule has 0 radical (unpaired) electrons. The summed E-state index contributed by atoms with van der Waals surface area (Å²) in [4.78, 5) is 27.0. The number of aryl methyl sites for hydroxylation is 2. The maximum atomic E-state index is 14.5. The number of fused-ring (bicyclic) bond motifs is 3. The molecule has 1 spiro atoms. The van der Waals surface area contributed by atoms with Gasteiger partial charge in [0.2, 0.25) is 10.0 Å². The highest BCUT2D eigenvalue weighted by atomic mass is 32.2. The monoisotopic (exact) mass is 592 g/mol. The number of amides is 2. The Balaban J connectivity index is 1.40. The van der Waals surface area contributed by atoms with Crippen LogP contribution in [0.1, 0.15) is 62.5 Å². The lowest BCUT2D eigenvalue weighted by Crippen LogP contribution is -2.50. The van der Waals surface area contributed by atoms with Gasteiger partial charge in [0.25, 0.3) is 11.8 Å². The summed E-state index contributed by atoms with van der Waals surface area (Å²) >= 11 is 0. The summed E-state index contributed by atoms with van der Waals surface area (Å²) < 4.78 is 85.5. The molecule has 6 rings (SSSR count). The molecule has 2 aliphatic carbocycles. The second-order valence-corrected chi connectivity index (χ2v) is 12.6. The summed E-state index contributed by atoms with van der Waals surface area (Å²) in [7, 11) is -3.98. The van der Waals surface area contributed by atoms with Crippen molar-refractivity contribution in [3.05, 3.63) is 75.9 Å². The molecule has 1 atom stereocenters. The normalized spacial score (nSPS) is 20.0. The van der Waals surface area contributed by atoms with Gasteiger partial charge in [-0.05, 0) is 73.6 Å². The SMILES string of the molecule is Cc1ccc(-n2nc3c(c2C(=O)NS(=O)(=O)C2CC2)C(=O)N[C@@]2(CCc4cc(OCC(F)(F)F)ccc42)C3)cc1F. The molecular weight excluding hydrogens is 568 g/mol. The molecule has 0 saturated heterocycles. The predicted octanol–water partition coefficient (Wildman–Crippen LogP) is 3.61. The minimum Gasteiger partial charge on any atom is -0.484 e. The molecule has 1 aromatic heterocycles. The van der Waals surface area contributed by atoms with Crippen LogP contribution in [-0.4, -0.2) is 48.0 Å². The Morgan fingerprint density at radius 1 is 1.22 bits per heavy atom. The lowest BCUT2D eigenvalue weighted by atomic mass is 9.82. The van der Waals surface area contributed by atoms with Gasteiger partial charge < -0.3 is 10.1 Å². The number of nitrogens with zero attached hydrogens (tertiary/aromatic N) is 2. The van der Waals surface area contributed by atoms with Crippen molar-refractivity contribution in [1.82, 2.24) is 19.8 Å². The highest BCUT2D eigenvalue weighted by Crippen LogP contribution is 2.44. The van der Waals surface area contributed by atoms with Crippen molar-refractivity contribution >= 4 is 21.8 Å². The molecule has 0 unspecified atom stereocenters. The molecule has 1 aliphatic heterocycles. The number of aromatic nitrogens is 2. The number of nitrogens with one attached hydrogen (secondary N) is 2. The quantitative estimate of drug-likeness (QED) is 0.423. The van der Waals surface area contributed by atoms with E-state index in [4.69, 9.17) is 4.74 Å². The first kappa shape index (κ1) is 27.2. The van der Waals surface area contributed by atoms with Gasteiger partial charge in [-0.1, -0.05) is 12.1 Å². The standard InChI is InChI=1S/C27H24F4N4O5S/c1-14-2-3-16(11-20(14)28)35-23(25(37)34-41(38,39)18-5-6-18)22-21(33-35)12-26(32-24(22)36)9-8-15-10-17(4-7-19(15)26)40-13-27(29,30)31/h2-4,7,10-11,18H,5-6,8-9,12-13H2,1H3,(H,32,36)(H,34,37)/t26-/m0/s1. The number of ether oxygens (including phenoxy) is 1. The first-order valence-electron chi connectivity index (χ1n) is 12.9. The Bertz CT molecular complexity index is 1710. The zero-order valence-electron chi connectivity index (χ0n) is 21.6. The minimum atomic E-state index is -4.49. The van der Waals surface area contributed by atoms with Crippen molar-refractivity contribution in [2.75, 3.05) is 6.61 Å². The second kappa shape index (κ2) is 9.29. The summed E-state index contributed by atoms with van der Waals surface area (Å²) in [5.74, 6) is -2.27. The van der Waals surface area contributed by atoms with Crippen LogP contribution in [0.3, 0.4) is 0 Å². The largest absolute Gasteiger partial charge is 0.484 e. The number of sulfonamides is 1. The fourth-order valence-electron chi connectivity index (χ4n) is 5.48. The van der Waals surface area contributed by atoms with Gasteiger partial charge in [0.1, 0.15) is 17.3 Å². The van der Waals surface area contributed by atoms with Gasteiger partial charge >= 0.3 is 6.18 Å². The van der Waals surface area contributed by atoms with Crippen molar-refractivity contribution in [3.63, 3.8) is 0 Å². The van der Waals surface area contributed by atoms with Gasteiger partial charge in [-0.3, -0.25) is 9.59 Å². The van der Waals surface area contributed by atoms with Crippen LogP contribution in [0.25, 0.3) is 5.69 Å². The van der Waals surface area contributed by atoms with Gasteiger partial charge in [-0.2, -0.15) is 18.3 Å². The van der Waals surface area contributed by atoms with Gasteiger partial charge in [-0.25, -0.2) is 22.2 Å². The molecule has 2 N–H and O–H groups in total. The molecule has 1 fully saturated rings. The van der Waals surface area contributed by atoms with Gasteiger partial charge in [0, 0.05) is 6.42 Å². The summed E-state index contributed by atoms with van der Waals surface area (Å²) in [6.07, 6.45) is -2.72. The van der Waals surface area contributed by atoms with Crippen molar-refractivity contribution in [2.45, 2.75) is 56.0 Å². The first-order valence-corrected chi connectivity index (χ1v) is 14.4. The van der Waals surface area contributed by atoms with Gasteiger partial charge in [-0.15, -0.1) is 0 Å². The molecular formula is C27H24F4N4O5S. The van der Waals surface area contributed by atoms with Crippen molar-refractivity contribution in [2.24, 2.45) is 0 Å². The second-order valence-electron chi connectivity index (χ2n) is 10.6. The first-order chi connectivity index (χ1) is 19.3. The smallest absolute Gasteiger partial charge is 0.422 e. The van der Waals surface area contributed by atoms with E-state index in [0.717, 1.165) is 10.7 Å². The molecule has 2 amide bonds. The highest BCUT2D eigenvalue weighted by molar-refractivity contribution is 7.91. The number of benzene rings is 2. The molecule has 2 aromatic carbocycles. The van der Waals surface area contributed by atoms with E-state index in [-0.39, 0.29) is 34.8 Å². The Morgan fingerprint density at radius 3 is 2.66 bits per heavy atom. The van der Waals surface area contributed by atoms with Crippen LogP contribution in [0.4, 0.5) is 17.6 Å². The van der Waals surface area contributed by atoms with Gasteiger partial charge in [0.05, 0.1) is 27.7 Å². The van der Waals surface area contributed by atoms with Crippen LogP contribution in [-0.2, 0) is 28.4 Å². The highest BCUT2D eigenvalue weighted by Gasteiger charge is 2.48. The summed E-state index contributed by atoms with van der Waals surface area (Å²) in [5, 5.41) is 6.74. The molecule has 1 saturated carbocycles. The summed E-state index contributed by atoms with van der Waals surface area (Å²) in [6.45, 7) is 0.118. The lowest BCUT2D eigenvalue weighted by Gasteiger charge is -2.35. The number of hydrogen-bond donors (Lipinski definition) is 2. The Kier molecular flexibility index (Phi) is 6.17. The number of alkyl halides is 3. The fourth-order valence-corrected chi connectivity index (χ4v) is 6.76. The topological polar surface area (TPSA) is 119 Å². The number of carbonyl (C=O) groups excluding carboxylic acids is 2. The maximum Gasteiger partial charge on any atom is 0.422 e. The molecule has 0 bridgehead atoms. The van der Waals surface area contributed by atoms with E-state index < -0.39 is 51.2 Å². The van der Waals surface area contributed by atoms with Crippen LogP contribution in [0.2, 0.25) is 0 Å². The summed E-state index contributed by atoms with van der Waals surface area (Å²) in [5.41, 5.74) is 0.605. The van der Waals surface area contributed by atoms with E-state index in [1.54, 1.807) is 13.0 Å². The fraction of sp³-hybridized carbons (Fsp3) is 0.370. The number of carbonyl (C=O) groups is 2.